The van der Waals surface area contributed by atoms with E-state index in [0.717, 1.165) is 21.4 Å². The summed E-state index contributed by atoms with van der Waals surface area (Å²) in [6, 6.07) is 7.63. The van der Waals surface area contributed by atoms with E-state index in [9.17, 15) is 4.79 Å². The van der Waals surface area contributed by atoms with E-state index in [1.54, 1.807) is 4.68 Å². The number of benzene rings is 1. The fourth-order valence-electron chi connectivity index (χ4n) is 1.76. The number of aromatic nitrogens is 2. The smallest absolute Gasteiger partial charge is 0.275 e. The number of rotatable bonds is 3. The maximum Gasteiger partial charge on any atom is 0.275 e. The van der Waals surface area contributed by atoms with Crippen molar-refractivity contribution in [1.29, 1.82) is 0 Å². The van der Waals surface area contributed by atoms with E-state index in [1.165, 1.54) is 0 Å². The molecule has 2 N–H and O–H groups in total. The maximum absolute atomic E-state index is 12.2. The van der Waals surface area contributed by atoms with Crippen LogP contribution in [-0.4, -0.2) is 16.8 Å². The van der Waals surface area contributed by atoms with Gasteiger partial charge < -0.3 is 5.32 Å². The van der Waals surface area contributed by atoms with Gasteiger partial charge in [-0.3, -0.25) is 9.89 Å². The van der Waals surface area contributed by atoms with Crippen LogP contribution >= 0.6 is 15.9 Å². The fraction of sp³-hybridized carbons (Fsp3) is 0.250. The van der Waals surface area contributed by atoms with Crippen molar-refractivity contribution in [2.45, 2.75) is 13.5 Å². The first-order valence-electron chi connectivity index (χ1n) is 5.34. The molecule has 0 aliphatic heterocycles. The quantitative estimate of drug-likeness (QED) is 0.909. The largest absolute Gasteiger partial charge is 0.315 e. The third-order valence-electron chi connectivity index (χ3n) is 2.61. The molecule has 4 nitrogen and oxygen atoms in total. The summed E-state index contributed by atoms with van der Waals surface area (Å²) >= 11 is 3.40. The van der Waals surface area contributed by atoms with Gasteiger partial charge in [-0.25, -0.2) is 4.68 Å². The highest BCUT2D eigenvalue weighted by molar-refractivity contribution is 9.10. The summed E-state index contributed by atoms with van der Waals surface area (Å²) in [6.45, 7) is 2.48. The SMILES string of the molecule is CNCc1c(C)[nH]n(-c2cccc(Br)c2)c1=O. The normalized spacial score (nSPS) is 10.8. The van der Waals surface area contributed by atoms with E-state index in [0.29, 0.717) is 6.54 Å². The molecule has 2 rings (SSSR count). The molecule has 0 spiro atoms. The Morgan fingerprint density at radius 1 is 1.47 bits per heavy atom. The highest BCUT2D eigenvalue weighted by Crippen LogP contribution is 2.14. The molecular weight excluding hydrogens is 282 g/mol. The molecule has 1 aromatic carbocycles. The van der Waals surface area contributed by atoms with Gasteiger partial charge >= 0.3 is 0 Å². The summed E-state index contributed by atoms with van der Waals surface area (Å²) in [5.74, 6) is 0. The molecule has 0 radical (unpaired) electrons. The molecule has 0 saturated carbocycles. The Morgan fingerprint density at radius 3 is 2.88 bits per heavy atom. The minimum atomic E-state index is -0.00468. The van der Waals surface area contributed by atoms with Crippen LogP contribution in [0, 0.1) is 6.92 Å². The van der Waals surface area contributed by atoms with Gasteiger partial charge in [0.2, 0.25) is 0 Å². The van der Waals surface area contributed by atoms with E-state index < -0.39 is 0 Å². The number of H-pyrrole nitrogens is 1. The molecule has 0 unspecified atom stereocenters. The molecule has 2 aromatic rings. The molecular formula is C12H14BrN3O. The number of aryl methyl sites for hydroxylation is 1. The molecule has 0 aliphatic carbocycles. The van der Waals surface area contributed by atoms with E-state index in [-0.39, 0.29) is 5.56 Å². The van der Waals surface area contributed by atoms with Crippen molar-refractivity contribution in [3.8, 4) is 5.69 Å². The van der Waals surface area contributed by atoms with Gasteiger partial charge in [0.1, 0.15) is 0 Å². The van der Waals surface area contributed by atoms with Crippen molar-refractivity contribution in [1.82, 2.24) is 15.1 Å². The van der Waals surface area contributed by atoms with Crippen molar-refractivity contribution in [2.24, 2.45) is 0 Å². The fourth-order valence-corrected chi connectivity index (χ4v) is 2.15. The number of aromatic amines is 1. The van der Waals surface area contributed by atoms with Gasteiger partial charge in [0.15, 0.2) is 0 Å². The van der Waals surface area contributed by atoms with Crippen molar-refractivity contribution in [3.63, 3.8) is 0 Å². The number of hydrogen-bond acceptors (Lipinski definition) is 2. The Hall–Kier alpha value is -1.33. The standard InChI is InChI=1S/C12H14BrN3O/c1-8-11(7-14-2)12(17)16(15-8)10-5-3-4-9(13)6-10/h3-6,14-15H,7H2,1-2H3. The lowest BCUT2D eigenvalue weighted by molar-refractivity contribution is 0.801. The first-order valence-corrected chi connectivity index (χ1v) is 6.14. The highest BCUT2D eigenvalue weighted by atomic mass is 79.9. The molecule has 0 saturated heterocycles. The third-order valence-corrected chi connectivity index (χ3v) is 3.11. The maximum atomic E-state index is 12.2. The molecule has 0 fully saturated rings. The zero-order chi connectivity index (χ0) is 12.4. The van der Waals surface area contributed by atoms with Crippen LogP contribution in [0.3, 0.4) is 0 Å². The van der Waals surface area contributed by atoms with Crippen molar-refractivity contribution in [3.05, 3.63) is 50.3 Å². The summed E-state index contributed by atoms with van der Waals surface area (Å²) in [7, 11) is 1.83. The summed E-state index contributed by atoms with van der Waals surface area (Å²) in [4.78, 5) is 12.2. The molecule has 17 heavy (non-hydrogen) atoms. The Morgan fingerprint density at radius 2 is 2.24 bits per heavy atom. The molecule has 0 bridgehead atoms. The lowest BCUT2D eigenvalue weighted by Gasteiger charge is -2.01. The van der Waals surface area contributed by atoms with Crippen molar-refractivity contribution in [2.75, 3.05) is 7.05 Å². The summed E-state index contributed by atoms with van der Waals surface area (Å²) in [5.41, 5.74) is 2.49. The Kier molecular flexibility index (Phi) is 3.49. The highest BCUT2D eigenvalue weighted by Gasteiger charge is 2.11. The zero-order valence-corrected chi connectivity index (χ0v) is 11.3. The lowest BCUT2D eigenvalue weighted by Crippen LogP contribution is -2.20. The van der Waals surface area contributed by atoms with Gasteiger partial charge in [-0.1, -0.05) is 22.0 Å². The van der Waals surface area contributed by atoms with Gasteiger partial charge in [-0.05, 0) is 32.2 Å². The predicted molar refractivity (Wildman–Crippen MR) is 71.6 cm³/mol. The number of hydrogen-bond donors (Lipinski definition) is 2. The van der Waals surface area contributed by atoms with Crippen LogP contribution in [0.5, 0.6) is 0 Å². The first-order chi connectivity index (χ1) is 8.13. The van der Waals surface area contributed by atoms with Crippen LogP contribution in [0.15, 0.2) is 33.5 Å². The average Bonchev–Trinajstić information content (AvgIpc) is 2.57. The van der Waals surface area contributed by atoms with Crippen molar-refractivity contribution >= 4 is 15.9 Å². The molecule has 1 heterocycles. The Bertz CT molecular complexity index is 586. The van der Waals surface area contributed by atoms with Gasteiger partial charge in [-0.15, -0.1) is 0 Å². The zero-order valence-electron chi connectivity index (χ0n) is 9.75. The van der Waals surface area contributed by atoms with Gasteiger partial charge in [-0.2, -0.15) is 0 Å². The molecule has 0 aliphatic rings. The summed E-state index contributed by atoms with van der Waals surface area (Å²) in [5, 5.41) is 6.08. The van der Waals surface area contributed by atoms with Crippen LogP contribution in [0.1, 0.15) is 11.3 Å². The number of halogens is 1. The van der Waals surface area contributed by atoms with Crippen LogP contribution in [0.2, 0.25) is 0 Å². The van der Waals surface area contributed by atoms with Crippen LogP contribution in [0.25, 0.3) is 5.69 Å². The molecule has 0 amide bonds. The topological polar surface area (TPSA) is 49.8 Å². The third kappa shape index (κ3) is 2.35. The van der Waals surface area contributed by atoms with Crippen molar-refractivity contribution < 1.29 is 0 Å². The molecule has 90 valence electrons. The van der Waals surface area contributed by atoms with E-state index in [1.807, 2.05) is 38.2 Å². The van der Waals surface area contributed by atoms with E-state index in [2.05, 4.69) is 26.3 Å². The predicted octanol–water partition coefficient (Wildman–Crippen LogP) is 1.96. The Balaban J connectivity index is 2.54. The van der Waals surface area contributed by atoms with Crippen LogP contribution in [-0.2, 0) is 6.54 Å². The van der Waals surface area contributed by atoms with Crippen LogP contribution in [0.4, 0.5) is 0 Å². The monoisotopic (exact) mass is 295 g/mol. The van der Waals surface area contributed by atoms with Gasteiger partial charge in [0.25, 0.3) is 5.56 Å². The number of nitrogens with one attached hydrogen (secondary N) is 2. The second-order valence-corrected chi connectivity index (χ2v) is 4.78. The van der Waals surface area contributed by atoms with Gasteiger partial charge in [0.05, 0.1) is 11.3 Å². The first kappa shape index (κ1) is 12.1. The molecule has 0 atom stereocenters. The minimum Gasteiger partial charge on any atom is -0.315 e. The lowest BCUT2D eigenvalue weighted by atomic mass is 10.2. The average molecular weight is 296 g/mol. The van der Waals surface area contributed by atoms with Crippen LogP contribution < -0.4 is 10.9 Å². The second kappa shape index (κ2) is 4.89. The van der Waals surface area contributed by atoms with E-state index in [4.69, 9.17) is 0 Å². The van der Waals surface area contributed by atoms with E-state index >= 15 is 0 Å². The van der Waals surface area contributed by atoms with Gasteiger partial charge in [0, 0.05) is 16.7 Å². The second-order valence-electron chi connectivity index (χ2n) is 3.87. The number of nitrogens with zero attached hydrogens (tertiary/aromatic N) is 1. The summed E-state index contributed by atoms with van der Waals surface area (Å²) in [6.07, 6.45) is 0. The molecule has 5 heteroatoms. The summed E-state index contributed by atoms with van der Waals surface area (Å²) < 4.78 is 2.51. The Labute approximate surface area is 108 Å². The minimum absolute atomic E-state index is 0.00468. The molecule has 1 aromatic heterocycles.